The van der Waals surface area contributed by atoms with E-state index in [9.17, 15) is 25.2 Å². The number of aliphatic hydroxyl groups is 5. The van der Waals surface area contributed by atoms with Crippen LogP contribution in [0.15, 0.2) is 12.2 Å². The van der Waals surface area contributed by atoms with Crippen molar-refractivity contribution in [3.8, 4) is 0 Å². The van der Waals surface area contributed by atoms with Crippen LogP contribution >= 0.6 is 0 Å². The van der Waals surface area contributed by atoms with Crippen LogP contribution in [-0.2, 0) is 4.79 Å². The topological polar surface area (TPSA) is 130 Å². The summed E-state index contributed by atoms with van der Waals surface area (Å²) in [5, 5.41) is 49.5. The Balaban J connectivity index is 3.55. The maximum Gasteiger partial charge on any atom is 0.220 e. The van der Waals surface area contributed by atoms with Crippen LogP contribution in [0.3, 0.4) is 0 Å². The first kappa shape index (κ1) is 30.0. The first-order valence-electron chi connectivity index (χ1n) is 12.2. The van der Waals surface area contributed by atoms with E-state index in [4.69, 9.17) is 5.11 Å². The van der Waals surface area contributed by atoms with Gasteiger partial charge >= 0.3 is 0 Å². The fourth-order valence-electron chi connectivity index (χ4n) is 3.35. The van der Waals surface area contributed by atoms with Gasteiger partial charge in [0.05, 0.1) is 12.7 Å². The van der Waals surface area contributed by atoms with Gasteiger partial charge < -0.3 is 30.8 Å². The molecule has 4 atom stereocenters. The number of carbonyl (C=O) groups is 1. The van der Waals surface area contributed by atoms with Crippen molar-refractivity contribution in [3.05, 3.63) is 12.2 Å². The molecule has 0 bridgehead atoms. The highest BCUT2D eigenvalue weighted by molar-refractivity contribution is 5.75. The first-order valence-corrected chi connectivity index (χ1v) is 12.2. The molecule has 0 fully saturated rings. The fourth-order valence-corrected chi connectivity index (χ4v) is 3.35. The molecule has 0 unspecified atom stereocenters. The quantitative estimate of drug-likeness (QED) is 0.119. The second kappa shape index (κ2) is 20.9. The van der Waals surface area contributed by atoms with Crippen LogP contribution in [0, 0.1) is 0 Å². The van der Waals surface area contributed by atoms with E-state index in [1.165, 1.54) is 51.4 Å². The summed E-state index contributed by atoms with van der Waals surface area (Å²) in [7, 11) is 0. The molecule has 6 N–H and O–H groups in total. The van der Waals surface area contributed by atoms with Gasteiger partial charge in [-0.25, -0.2) is 0 Å². The molecule has 0 aromatic carbocycles. The predicted octanol–water partition coefficient (Wildman–Crippen LogP) is 2.58. The zero-order valence-corrected chi connectivity index (χ0v) is 19.4. The lowest BCUT2D eigenvalue weighted by Crippen LogP contribution is -2.49. The Morgan fingerprint density at radius 1 is 0.742 bits per heavy atom. The highest BCUT2D eigenvalue weighted by Crippen LogP contribution is 2.10. The summed E-state index contributed by atoms with van der Waals surface area (Å²) < 4.78 is 0. The van der Waals surface area contributed by atoms with Crippen LogP contribution in [0.2, 0.25) is 0 Å². The molecule has 0 aromatic rings. The Kier molecular flexibility index (Phi) is 20.2. The van der Waals surface area contributed by atoms with Crippen molar-refractivity contribution in [2.75, 3.05) is 13.2 Å². The Bertz CT molecular complexity index is 446. The largest absolute Gasteiger partial charge is 0.394 e. The smallest absolute Gasteiger partial charge is 0.220 e. The third kappa shape index (κ3) is 17.3. The maximum atomic E-state index is 11.8. The Hall–Kier alpha value is -0.990. The molecule has 0 aliphatic carbocycles. The molecule has 0 rings (SSSR count). The first-order chi connectivity index (χ1) is 14.9. The van der Waals surface area contributed by atoms with E-state index in [-0.39, 0.29) is 12.5 Å². The van der Waals surface area contributed by atoms with E-state index in [0.717, 1.165) is 32.1 Å². The molecule has 0 aliphatic heterocycles. The number of amides is 1. The highest BCUT2D eigenvalue weighted by atomic mass is 16.4. The molecular formula is C24H47NO6. The van der Waals surface area contributed by atoms with Crippen LogP contribution in [-0.4, -0.2) is 69.0 Å². The zero-order chi connectivity index (χ0) is 23.3. The maximum absolute atomic E-state index is 11.8. The fraction of sp³-hybridized carbons (Fsp3) is 0.875. The summed E-state index contributed by atoms with van der Waals surface area (Å²) in [6, 6.07) is 0. The number of carbonyl (C=O) groups excluding carboxylic acids is 1. The zero-order valence-electron chi connectivity index (χ0n) is 19.4. The van der Waals surface area contributed by atoms with Crippen molar-refractivity contribution in [1.82, 2.24) is 5.32 Å². The second-order valence-electron chi connectivity index (χ2n) is 8.44. The number of allylic oxidation sites excluding steroid dienone is 2. The van der Waals surface area contributed by atoms with E-state index in [1.54, 1.807) is 0 Å². The summed E-state index contributed by atoms with van der Waals surface area (Å²) in [6.07, 6.45) is 14.1. The average Bonchev–Trinajstić information content (AvgIpc) is 2.78. The number of unbranched alkanes of at least 4 members (excludes halogenated alkanes) is 11. The van der Waals surface area contributed by atoms with Crippen molar-refractivity contribution in [3.63, 3.8) is 0 Å². The van der Waals surface area contributed by atoms with Gasteiger partial charge in [-0.2, -0.15) is 0 Å². The minimum absolute atomic E-state index is 0.221. The van der Waals surface area contributed by atoms with Gasteiger partial charge in [-0.3, -0.25) is 4.79 Å². The molecule has 0 radical (unpaired) electrons. The molecule has 1 amide bonds. The molecule has 31 heavy (non-hydrogen) atoms. The minimum Gasteiger partial charge on any atom is -0.394 e. The standard InChI is InChI=1S/C24H47NO6/c1-2-3-4-5-6-7-8-9-10-11-12-13-14-15-16-17-22(29)25-18-20(27)23(30)24(31)21(28)19-26/h9-10,20-21,23-24,26-28,30-31H,2-8,11-19H2,1H3,(H,25,29)/t20-,21+,23+,24+/m0/s1. The van der Waals surface area contributed by atoms with Crippen LogP contribution < -0.4 is 5.32 Å². The molecular weight excluding hydrogens is 398 g/mol. The normalized spacial score (nSPS) is 15.7. The number of hydrogen-bond acceptors (Lipinski definition) is 6. The molecule has 7 heteroatoms. The Morgan fingerprint density at radius 2 is 1.23 bits per heavy atom. The number of rotatable bonds is 21. The summed E-state index contributed by atoms with van der Waals surface area (Å²) >= 11 is 0. The van der Waals surface area contributed by atoms with E-state index >= 15 is 0 Å². The number of hydrogen-bond donors (Lipinski definition) is 6. The van der Waals surface area contributed by atoms with Crippen molar-refractivity contribution in [1.29, 1.82) is 0 Å². The van der Waals surface area contributed by atoms with Gasteiger partial charge in [0.25, 0.3) is 0 Å². The molecule has 184 valence electrons. The van der Waals surface area contributed by atoms with Crippen molar-refractivity contribution in [2.45, 2.75) is 121 Å². The third-order valence-electron chi connectivity index (χ3n) is 5.50. The van der Waals surface area contributed by atoms with Gasteiger partial charge in [-0.05, 0) is 32.1 Å². The Labute approximate surface area is 188 Å². The second-order valence-corrected chi connectivity index (χ2v) is 8.44. The van der Waals surface area contributed by atoms with Gasteiger partial charge in [0, 0.05) is 13.0 Å². The van der Waals surface area contributed by atoms with Crippen LogP contribution in [0.25, 0.3) is 0 Å². The molecule has 0 heterocycles. The monoisotopic (exact) mass is 445 g/mol. The van der Waals surface area contributed by atoms with Crippen molar-refractivity contribution >= 4 is 5.91 Å². The van der Waals surface area contributed by atoms with Gasteiger partial charge in [-0.15, -0.1) is 0 Å². The van der Waals surface area contributed by atoms with E-state index < -0.39 is 31.0 Å². The Morgan fingerprint density at radius 3 is 1.77 bits per heavy atom. The van der Waals surface area contributed by atoms with E-state index in [2.05, 4.69) is 24.4 Å². The molecule has 0 saturated carbocycles. The SMILES string of the molecule is CCCCCCCCC=CCCCCCCCC(=O)NC[C@H](O)[C@@H](O)[C@H](O)[C@H](O)CO. The van der Waals surface area contributed by atoms with E-state index in [0.29, 0.717) is 6.42 Å². The summed E-state index contributed by atoms with van der Waals surface area (Å²) in [5.74, 6) is -0.221. The van der Waals surface area contributed by atoms with Crippen molar-refractivity contribution < 1.29 is 30.3 Å². The summed E-state index contributed by atoms with van der Waals surface area (Å²) in [4.78, 5) is 11.8. The van der Waals surface area contributed by atoms with Gasteiger partial charge in [0.1, 0.15) is 18.3 Å². The predicted molar refractivity (Wildman–Crippen MR) is 124 cm³/mol. The van der Waals surface area contributed by atoms with E-state index in [1.807, 2.05) is 0 Å². The van der Waals surface area contributed by atoms with Gasteiger partial charge in [0.15, 0.2) is 0 Å². The molecule has 7 nitrogen and oxygen atoms in total. The number of aliphatic hydroxyl groups excluding tert-OH is 5. The lowest BCUT2D eigenvalue weighted by molar-refractivity contribution is -0.126. The van der Waals surface area contributed by atoms with Gasteiger partial charge in [-0.1, -0.05) is 70.4 Å². The van der Waals surface area contributed by atoms with Crippen LogP contribution in [0.4, 0.5) is 0 Å². The summed E-state index contributed by atoms with van der Waals surface area (Å²) in [6.45, 7) is 1.29. The molecule has 0 aromatic heterocycles. The lowest BCUT2D eigenvalue weighted by atomic mass is 10.0. The van der Waals surface area contributed by atoms with Gasteiger partial charge in [0.2, 0.25) is 5.91 Å². The van der Waals surface area contributed by atoms with Crippen molar-refractivity contribution in [2.24, 2.45) is 0 Å². The molecule has 0 spiro atoms. The minimum atomic E-state index is -1.68. The van der Waals surface area contributed by atoms with Crippen LogP contribution in [0.5, 0.6) is 0 Å². The molecule has 0 aliphatic rings. The van der Waals surface area contributed by atoms with Crippen LogP contribution in [0.1, 0.15) is 96.8 Å². The number of nitrogens with one attached hydrogen (secondary N) is 1. The summed E-state index contributed by atoms with van der Waals surface area (Å²) in [5.41, 5.74) is 0. The third-order valence-corrected chi connectivity index (χ3v) is 5.50. The lowest BCUT2D eigenvalue weighted by Gasteiger charge is -2.25. The average molecular weight is 446 g/mol. The highest BCUT2D eigenvalue weighted by Gasteiger charge is 2.30. The molecule has 0 saturated heterocycles.